The Morgan fingerprint density at radius 1 is 1.40 bits per heavy atom. The van der Waals surface area contributed by atoms with Crippen LogP contribution in [0.5, 0.6) is 0 Å². The summed E-state index contributed by atoms with van der Waals surface area (Å²) in [5.41, 5.74) is 6.21. The molecule has 0 bridgehead atoms. The molecule has 20 heavy (non-hydrogen) atoms. The molecule has 3 N–H and O–H groups in total. The van der Waals surface area contributed by atoms with Crippen molar-refractivity contribution in [2.45, 2.75) is 26.3 Å². The third-order valence-corrected chi connectivity index (χ3v) is 3.48. The average Bonchev–Trinajstić information content (AvgIpc) is 2.39. The second kappa shape index (κ2) is 7.36. The number of amides is 1. The number of rotatable bonds is 5. The van der Waals surface area contributed by atoms with Gasteiger partial charge in [-0.05, 0) is 31.5 Å². The molecule has 1 aromatic carbocycles. The van der Waals surface area contributed by atoms with Gasteiger partial charge in [0.25, 0.3) is 0 Å². The number of nitrogens with zero attached hydrogens (tertiary/aromatic N) is 2. The van der Waals surface area contributed by atoms with Crippen molar-refractivity contribution < 1.29 is 10.0 Å². The molecule has 0 heterocycles. The molecule has 0 unspecified atom stereocenters. The van der Waals surface area contributed by atoms with Gasteiger partial charge in [-0.25, -0.2) is 0 Å². The summed E-state index contributed by atoms with van der Waals surface area (Å²) in [6, 6.07) is 4.98. The zero-order valence-corrected chi connectivity index (χ0v) is 12.8. The molecule has 0 saturated carbocycles. The zero-order chi connectivity index (χ0) is 15.3. The Labute approximate surface area is 127 Å². The van der Waals surface area contributed by atoms with Crippen molar-refractivity contribution in [1.82, 2.24) is 4.90 Å². The van der Waals surface area contributed by atoms with Crippen LogP contribution in [0.4, 0.5) is 0 Å². The van der Waals surface area contributed by atoms with E-state index in [-0.39, 0.29) is 30.8 Å². The van der Waals surface area contributed by atoms with Gasteiger partial charge in [-0.1, -0.05) is 34.4 Å². The van der Waals surface area contributed by atoms with Crippen molar-refractivity contribution >= 4 is 34.9 Å². The lowest BCUT2D eigenvalue weighted by molar-refractivity contribution is -0.131. The highest BCUT2D eigenvalue weighted by Gasteiger charge is 2.19. The maximum atomic E-state index is 12.3. The quantitative estimate of drug-likeness (QED) is 0.379. The number of carbonyl (C=O) groups excluding carboxylic acids is 1. The summed E-state index contributed by atoms with van der Waals surface area (Å²) in [7, 11) is 0. The molecule has 5 nitrogen and oxygen atoms in total. The fourth-order valence-corrected chi connectivity index (χ4v) is 2.01. The number of carbonyl (C=O) groups is 1. The van der Waals surface area contributed by atoms with Crippen LogP contribution in [-0.2, 0) is 11.2 Å². The molecule has 0 aliphatic heterocycles. The van der Waals surface area contributed by atoms with Crippen LogP contribution >= 0.6 is 23.2 Å². The predicted octanol–water partition coefficient (Wildman–Crippen LogP) is 2.52. The van der Waals surface area contributed by atoms with Gasteiger partial charge in [-0.2, -0.15) is 0 Å². The topological polar surface area (TPSA) is 78.9 Å². The molecule has 1 aromatic rings. The third kappa shape index (κ3) is 4.58. The van der Waals surface area contributed by atoms with Crippen molar-refractivity contribution in [3.8, 4) is 0 Å². The smallest absolute Gasteiger partial charge is 0.227 e. The van der Waals surface area contributed by atoms with Crippen molar-refractivity contribution in [1.29, 1.82) is 0 Å². The monoisotopic (exact) mass is 317 g/mol. The van der Waals surface area contributed by atoms with E-state index in [0.717, 1.165) is 5.56 Å². The molecular formula is C13H17Cl2N3O2. The lowest BCUT2D eigenvalue weighted by Gasteiger charge is -2.26. The molecule has 0 atom stereocenters. The second-order valence-corrected chi connectivity index (χ2v) is 5.45. The molecular weight excluding hydrogens is 301 g/mol. The minimum Gasteiger partial charge on any atom is -0.409 e. The van der Waals surface area contributed by atoms with E-state index in [1.165, 1.54) is 4.90 Å². The first-order chi connectivity index (χ1) is 9.35. The summed E-state index contributed by atoms with van der Waals surface area (Å²) < 4.78 is 0. The fraction of sp³-hybridized carbons (Fsp3) is 0.385. The Morgan fingerprint density at radius 3 is 2.55 bits per heavy atom. The molecule has 0 aromatic heterocycles. The summed E-state index contributed by atoms with van der Waals surface area (Å²) in [5, 5.41) is 12.3. The van der Waals surface area contributed by atoms with Crippen LogP contribution in [0.15, 0.2) is 23.4 Å². The van der Waals surface area contributed by atoms with Crippen molar-refractivity contribution in [3.63, 3.8) is 0 Å². The summed E-state index contributed by atoms with van der Waals surface area (Å²) >= 11 is 11.7. The van der Waals surface area contributed by atoms with Gasteiger partial charge >= 0.3 is 0 Å². The van der Waals surface area contributed by atoms with Crippen molar-refractivity contribution in [2.24, 2.45) is 10.9 Å². The third-order valence-electron chi connectivity index (χ3n) is 2.74. The summed E-state index contributed by atoms with van der Waals surface area (Å²) in [5.74, 6) is -0.147. The maximum absolute atomic E-state index is 12.3. The van der Waals surface area contributed by atoms with Gasteiger partial charge in [0, 0.05) is 6.04 Å². The SMILES string of the molecule is CC(C)N(CC(N)=NO)C(=O)Cc1ccc(Cl)c(Cl)c1. The molecule has 0 spiro atoms. The zero-order valence-electron chi connectivity index (χ0n) is 11.3. The molecule has 0 aliphatic carbocycles. The van der Waals surface area contributed by atoms with Crippen molar-refractivity contribution in [3.05, 3.63) is 33.8 Å². The van der Waals surface area contributed by atoms with Crippen molar-refractivity contribution in [2.75, 3.05) is 6.54 Å². The van der Waals surface area contributed by atoms with Gasteiger partial charge in [0.2, 0.25) is 5.91 Å². The predicted molar refractivity (Wildman–Crippen MR) is 80.4 cm³/mol. The number of hydrogen-bond donors (Lipinski definition) is 2. The number of nitrogens with two attached hydrogens (primary N) is 1. The minimum atomic E-state index is -0.134. The van der Waals surface area contributed by atoms with E-state index in [1.807, 2.05) is 13.8 Å². The highest BCUT2D eigenvalue weighted by molar-refractivity contribution is 6.42. The molecule has 7 heteroatoms. The summed E-state index contributed by atoms with van der Waals surface area (Å²) in [6.07, 6.45) is 0.174. The Kier molecular flexibility index (Phi) is 6.10. The lowest BCUT2D eigenvalue weighted by atomic mass is 10.1. The van der Waals surface area contributed by atoms with Crippen LogP contribution in [-0.4, -0.2) is 34.4 Å². The van der Waals surface area contributed by atoms with E-state index in [9.17, 15) is 4.79 Å². The van der Waals surface area contributed by atoms with Gasteiger partial charge in [0.05, 0.1) is 23.0 Å². The Morgan fingerprint density at radius 2 is 2.05 bits per heavy atom. The fourth-order valence-electron chi connectivity index (χ4n) is 1.69. The highest BCUT2D eigenvalue weighted by Crippen LogP contribution is 2.23. The lowest BCUT2D eigenvalue weighted by Crippen LogP contribution is -2.43. The normalized spacial score (nSPS) is 11.8. The molecule has 0 fully saturated rings. The summed E-state index contributed by atoms with van der Waals surface area (Å²) in [6.45, 7) is 3.79. The highest BCUT2D eigenvalue weighted by atomic mass is 35.5. The van der Waals surface area contributed by atoms with Gasteiger partial charge in [0.1, 0.15) is 0 Å². The standard InChI is InChI=1S/C13H17Cl2N3O2/c1-8(2)18(7-12(16)17-20)13(19)6-9-3-4-10(14)11(15)5-9/h3-5,8,20H,6-7H2,1-2H3,(H2,16,17). The average molecular weight is 318 g/mol. The Balaban J connectivity index is 2.82. The molecule has 1 amide bonds. The summed E-state index contributed by atoms with van der Waals surface area (Å²) in [4.78, 5) is 13.8. The van der Waals surface area contributed by atoms with E-state index in [4.69, 9.17) is 34.1 Å². The van der Waals surface area contributed by atoms with Crippen LogP contribution in [0.3, 0.4) is 0 Å². The van der Waals surface area contributed by atoms with E-state index in [0.29, 0.717) is 10.0 Å². The second-order valence-electron chi connectivity index (χ2n) is 4.63. The first-order valence-corrected chi connectivity index (χ1v) is 6.80. The van der Waals surface area contributed by atoms with E-state index in [2.05, 4.69) is 5.16 Å². The number of amidine groups is 1. The number of oxime groups is 1. The number of benzene rings is 1. The van der Waals surface area contributed by atoms with Crippen LogP contribution in [0.2, 0.25) is 10.0 Å². The van der Waals surface area contributed by atoms with Gasteiger partial charge in [-0.3, -0.25) is 4.79 Å². The van der Waals surface area contributed by atoms with E-state index < -0.39 is 0 Å². The maximum Gasteiger partial charge on any atom is 0.227 e. The largest absolute Gasteiger partial charge is 0.409 e. The van der Waals surface area contributed by atoms with Crippen LogP contribution < -0.4 is 5.73 Å². The first kappa shape index (κ1) is 16.6. The number of halogens is 2. The van der Waals surface area contributed by atoms with Gasteiger partial charge in [-0.15, -0.1) is 0 Å². The molecule has 0 aliphatic rings. The van der Waals surface area contributed by atoms with E-state index >= 15 is 0 Å². The molecule has 0 saturated heterocycles. The van der Waals surface area contributed by atoms with Crippen LogP contribution in [0.25, 0.3) is 0 Å². The van der Waals surface area contributed by atoms with Gasteiger partial charge < -0.3 is 15.8 Å². The van der Waals surface area contributed by atoms with Crippen LogP contribution in [0, 0.1) is 0 Å². The molecule has 110 valence electrons. The molecule has 0 radical (unpaired) electrons. The first-order valence-electron chi connectivity index (χ1n) is 6.05. The Bertz CT molecular complexity index is 518. The molecule has 1 rings (SSSR count). The Hall–Kier alpha value is -1.46. The number of hydrogen-bond acceptors (Lipinski definition) is 3. The van der Waals surface area contributed by atoms with Crippen LogP contribution in [0.1, 0.15) is 19.4 Å². The minimum absolute atomic E-state index is 0.0128. The van der Waals surface area contributed by atoms with E-state index in [1.54, 1.807) is 18.2 Å². The van der Waals surface area contributed by atoms with Gasteiger partial charge in [0.15, 0.2) is 5.84 Å².